The van der Waals surface area contributed by atoms with Crippen LogP contribution in [-0.4, -0.2) is 32.1 Å². The lowest BCUT2D eigenvalue weighted by atomic mass is 9.97. The molecule has 27 heavy (non-hydrogen) atoms. The first-order valence-electron chi connectivity index (χ1n) is 9.49. The van der Waals surface area contributed by atoms with E-state index < -0.39 is 0 Å². The maximum absolute atomic E-state index is 13.3. The van der Waals surface area contributed by atoms with E-state index in [9.17, 15) is 4.79 Å². The van der Waals surface area contributed by atoms with Gasteiger partial charge in [0, 0.05) is 24.0 Å². The average molecular weight is 360 g/mol. The first-order chi connectivity index (χ1) is 13.1. The monoisotopic (exact) mass is 360 g/mol. The second-order valence-corrected chi connectivity index (χ2v) is 7.15. The zero-order valence-electron chi connectivity index (χ0n) is 15.8. The fourth-order valence-electron chi connectivity index (χ4n) is 3.88. The molecule has 0 aliphatic carbocycles. The highest BCUT2D eigenvalue weighted by atomic mass is 16.2. The molecular formula is C22H24N4O. The predicted molar refractivity (Wildman–Crippen MR) is 105 cm³/mol. The van der Waals surface area contributed by atoms with Gasteiger partial charge in [-0.25, -0.2) is 4.68 Å². The fourth-order valence-corrected chi connectivity index (χ4v) is 3.88. The maximum atomic E-state index is 13.3. The molecular weight excluding hydrogens is 336 g/mol. The van der Waals surface area contributed by atoms with Crippen LogP contribution in [0, 0.1) is 13.8 Å². The fraction of sp³-hybridized carbons (Fsp3) is 0.318. The summed E-state index contributed by atoms with van der Waals surface area (Å²) in [5.74, 6) is 0.0636. The van der Waals surface area contributed by atoms with E-state index in [1.807, 2.05) is 72.0 Å². The number of aryl methyl sites for hydroxylation is 2. The van der Waals surface area contributed by atoms with Crippen LogP contribution in [0.25, 0.3) is 5.69 Å². The average Bonchev–Trinajstić information content (AvgIpc) is 3.06. The summed E-state index contributed by atoms with van der Waals surface area (Å²) >= 11 is 0. The molecule has 0 saturated carbocycles. The van der Waals surface area contributed by atoms with E-state index >= 15 is 0 Å². The minimum atomic E-state index is 0.0461. The van der Waals surface area contributed by atoms with Crippen LogP contribution in [0.1, 0.15) is 52.7 Å². The number of carbonyl (C=O) groups excluding carboxylic acids is 1. The van der Waals surface area contributed by atoms with Crippen molar-refractivity contribution >= 4 is 5.91 Å². The molecule has 1 aliphatic heterocycles. The molecule has 0 bridgehead atoms. The lowest BCUT2D eigenvalue weighted by molar-refractivity contribution is 0.0606. The molecule has 3 aromatic rings. The van der Waals surface area contributed by atoms with E-state index in [-0.39, 0.29) is 11.9 Å². The Morgan fingerprint density at radius 3 is 2.70 bits per heavy atom. The first kappa shape index (κ1) is 17.5. The van der Waals surface area contributed by atoms with Gasteiger partial charge in [0.15, 0.2) is 0 Å². The summed E-state index contributed by atoms with van der Waals surface area (Å²) in [5.41, 5.74) is 4.61. The van der Waals surface area contributed by atoms with Crippen molar-refractivity contribution in [3.05, 3.63) is 77.4 Å². The molecule has 3 heterocycles. The summed E-state index contributed by atoms with van der Waals surface area (Å²) in [6.07, 6.45) is 4.92. The Morgan fingerprint density at radius 2 is 1.96 bits per heavy atom. The summed E-state index contributed by atoms with van der Waals surface area (Å²) in [7, 11) is 0. The predicted octanol–water partition coefficient (Wildman–Crippen LogP) is 4.25. The van der Waals surface area contributed by atoms with Gasteiger partial charge in [0.05, 0.1) is 23.1 Å². The Bertz CT molecular complexity index is 948. The van der Waals surface area contributed by atoms with Crippen LogP contribution in [0.3, 0.4) is 0 Å². The van der Waals surface area contributed by atoms with Crippen molar-refractivity contribution in [1.29, 1.82) is 0 Å². The summed E-state index contributed by atoms with van der Waals surface area (Å²) in [4.78, 5) is 19.8. The Hall–Kier alpha value is -2.95. The second kappa shape index (κ2) is 7.35. The molecule has 1 amide bonds. The minimum absolute atomic E-state index is 0.0461. The third kappa shape index (κ3) is 3.50. The van der Waals surface area contributed by atoms with E-state index in [2.05, 4.69) is 10.1 Å². The lowest BCUT2D eigenvalue weighted by Gasteiger charge is -2.35. The van der Waals surface area contributed by atoms with Crippen LogP contribution in [0.4, 0.5) is 0 Å². The van der Waals surface area contributed by atoms with Gasteiger partial charge in [0.1, 0.15) is 0 Å². The highest BCUT2D eigenvalue weighted by Gasteiger charge is 2.29. The molecule has 0 radical (unpaired) electrons. The molecule has 5 nitrogen and oxygen atoms in total. The number of rotatable bonds is 3. The van der Waals surface area contributed by atoms with E-state index in [4.69, 9.17) is 0 Å². The van der Waals surface area contributed by atoms with Gasteiger partial charge in [-0.3, -0.25) is 9.78 Å². The van der Waals surface area contributed by atoms with Gasteiger partial charge in [0.2, 0.25) is 0 Å². The van der Waals surface area contributed by atoms with Crippen molar-refractivity contribution in [2.75, 3.05) is 6.54 Å². The van der Waals surface area contributed by atoms with Crippen LogP contribution in [-0.2, 0) is 0 Å². The van der Waals surface area contributed by atoms with Gasteiger partial charge in [-0.1, -0.05) is 12.1 Å². The molecule has 1 fully saturated rings. The molecule has 0 N–H and O–H groups in total. The number of hydrogen-bond donors (Lipinski definition) is 0. The van der Waals surface area contributed by atoms with Crippen molar-refractivity contribution in [2.24, 2.45) is 0 Å². The number of nitrogens with zero attached hydrogens (tertiary/aromatic N) is 4. The van der Waals surface area contributed by atoms with Gasteiger partial charge in [-0.05, 0) is 69.5 Å². The quantitative estimate of drug-likeness (QED) is 0.701. The normalized spacial score (nSPS) is 17.1. The first-order valence-corrected chi connectivity index (χ1v) is 9.49. The highest BCUT2D eigenvalue weighted by molar-refractivity contribution is 5.95. The molecule has 1 unspecified atom stereocenters. The van der Waals surface area contributed by atoms with E-state index in [1.165, 1.54) is 0 Å². The lowest BCUT2D eigenvalue weighted by Crippen LogP contribution is -2.38. The van der Waals surface area contributed by atoms with Crippen LogP contribution < -0.4 is 0 Å². The Balaban J connectivity index is 1.65. The number of hydrogen-bond acceptors (Lipinski definition) is 3. The largest absolute Gasteiger partial charge is 0.330 e. The van der Waals surface area contributed by atoms with Crippen molar-refractivity contribution in [3.8, 4) is 5.69 Å². The number of amides is 1. The molecule has 2 aromatic heterocycles. The zero-order valence-corrected chi connectivity index (χ0v) is 15.8. The molecule has 1 saturated heterocycles. The third-order valence-electron chi connectivity index (χ3n) is 5.14. The smallest absolute Gasteiger partial charge is 0.254 e. The van der Waals surface area contributed by atoms with Gasteiger partial charge in [-0.15, -0.1) is 0 Å². The van der Waals surface area contributed by atoms with Crippen LogP contribution in [0.5, 0.6) is 0 Å². The molecule has 1 aliphatic rings. The maximum Gasteiger partial charge on any atom is 0.254 e. The van der Waals surface area contributed by atoms with E-state index in [0.29, 0.717) is 5.56 Å². The number of aromatic nitrogens is 3. The van der Waals surface area contributed by atoms with Crippen molar-refractivity contribution in [1.82, 2.24) is 19.7 Å². The zero-order chi connectivity index (χ0) is 18.8. The molecule has 5 heteroatoms. The Kier molecular flexibility index (Phi) is 4.75. The second-order valence-electron chi connectivity index (χ2n) is 7.15. The Morgan fingerprint density at radius 1 is 1.07 bits per heavy atom. The topological polar surface area (TPSA) is 51.0 Å². The SMILES string of the molecule is Cc1cc(C)n(-c2cccc(C(=O)N3CCCCC3c3ccccn3)c2)n1. The Labute approximate surface area is 159 Å². The molecule has 4 rings (SSSR count). The minimum Gasteiger partial charge on any atom is -0.330 e. The number of carbonyl (C=O) groups is 1. The highest BCUT2D eigenvalue weighted by Crippen LogP contribution is 2.31. The molecule has 1 atom stereocenters. The standard InChI is InChI=1S/C22H24N4O/c1-16-14-17(2)26(24-16)19-9-7-8-18(15-19)22(27)25-13-6-4-11-21(25)20-10-3-5-12-23-20/h3,5,7-10,12,14-15,21H,4,6,11,13H2,1-2H3. The number of pyridine rings is 1. The number of likely N-dealkylation sites (tertiary alicyclic amines) is 1. The van der Waals surface area contributed by atoms with Crippen LogP contribution in [0.2, 0.25) is 0 Å². The third-order valence-corrected chi connectivity index (χ3v) is 5.14. The van der Waals surface area contributed by atoms with Crippen molar-refractivity contribution in [3.63, 3.8) is 0 Å². The number of benzene rings is 1. The van der Waals surface area contributed by atoms with Gasteiger partial charge in [0.25, 0.3) is 5.91 Å². The molecule has 1 aromatic carbocycles. The van der Waals surface area contributed by atoms with Crippen LogP contribution in [0.15, 0.2) is 54.7 Å². The van der Waals surface area contributed by atoms with Crippen molar-refractivity contribution in [2.45, 2.75) is 39.2 Å². The van der Waals surface area contributed by atoms with E-state index in [0.717, 1.165) is 48.6 Å². The van der Waals surface area contributed by atoms with E-state index in [1.54, 1.807) is 6.20 Å². The summed E-state index contributed by atoms with van der Waals surface area (Å²) in [5, 5.41) is 4.54. The molecule has 138 valence electrons. The molecule has 0 spiro atoms. The summed E-state index contributed by atoms with van der Waals surface area (Å²) in [6.45, 7) is 4.77. The summed E-state index contributed by atoms with van der Waals surface area (Å²) in [6, 6.07) is 15.7. The summed E-state index contributed by atoms with van der Waals surface area (Å²) < 4.78 is 1.89. The van der Waals surface area contributed by atoms with Gasteiger partial charge >= 0.3 is 0 Å². The van der Waals surface area contributed by atoms with Gasteiger partial charge in [-0.2, -0.15) is 5.10 Å². The van der Waals surface area contributed by atoms with Gasteiger partial charge < -0.3 is 4.90 Å². The van der Waals surface area contributed by atoms with Crippen molar-refractivity contribution < 1.29 is 4.79 Å². The number of piperidine rings is 1. The van der Waals surface area contributed by atoms with Crippen LogP contribution >= 0.6 is 0 Å².